The Balaban J connectivity index is 1.55. The van der Waals surface area contributed by atoms with Crippen LogP contribution in [-0.2, 0) is 33.6 Å². The Morgan fingerprint density at radius 3 is 1.44 bits per heavy atom. The van der Waals surface area contributed by atoms with Crippen LogP contribution in [0.2, 0.25) is 0 Å². The summed E-state index contributed by atoms with van der Waals surface area (Å²) in [5.41, 5.74) is 8.19. The van der Waals surface area contributed by atoms with E-state index < -0.39 is 44.7 Å². The first-order chi connectivity index (χ1) is 28.1. The molecule has 0 bridgehead atoms. The van der Waals surface area contributed by atoms with Crippen molar-refractivity contribution in [2.75, 3.05) is 0 Å². The van der Waals surface area contributed by atoms with E-state index in [9.17, 15) is 26.3 Å². The van der Waals surface area contributed by atoms with Crippen LogP contribution in [0.1, 0.15) is 77.5 Å². The maximum atomic E-state index is 14.6. The van der Waals surface area contributed by atoms with Crippen molar-refractivity contribution in [3.63, 3.8) is 0 Å². The van der Waals surface area contributed by atoms with E-state index in [1.54, 1.807) is 12.1 Å². The van der Waals surface area contributed by atoms with Gasteiger partial charge in [-0.3, -0.25) is 0 Å². The first kappa shape index (κ1) is 40.9. The van der Waals surface area contributed by atoms with E-state index >= 15 is 0 Å². The van der Waals surface area contributed by atoms with Gasteiger partial charge in [0.1, 0.15) is 0 Å². The number of alkyl halides is 6. The molecule has 0 nitrogen and oxygen atoms in total. The monoisotopic (exact) mass is 872 g/mol. The van der Waals surface area contributed by atoms with Gasteiger partial charge in [-0.2, -0.15) is 0 Å². The Hall–Kier alpha value is -4.87. The van der Waals surface area contributed by atoms with Crippen LogP contribution >= 0.6 is 0 Å². The Morgan fingerprint density at radius 2 is 1.02 bits per heavy atom. The molecule has 1 atom stereocenters. The Morgan fingerprint density at radius 1 is 0.542 bits per heavy atom. The summed E-state index contributed by atoms with van der Waals surface area (Å²) in [4.78, 5) is 0. The van der Waals surface area contributed by atoms with Crippen molar-refractivity contribution >= 4 is 3.21 Å². The Labute approximate surface area is 350 Å². The number of halogens is 6. The third-order valence-corrected chi connectivity index (χ3v) is 20.1. The van der Waals surface area contributed by atoms with Crippen LogP contribution in [-0.4, -0.2) is 3.21 Å². The summed E-state index contributed by atoms with van der Waals surface area (Å²) in [6.07, 6.45) is -3.02. The molecule has 7 heteroatoms. The molecule has 0 saturated carbocycles. The van der Waals surface area contributed by atoms with Crippen molar-refractivity contribution in [3.8, 4) is 33.4 Å². The van der Waals surface area contributed by atoms with Crippen LogP contribution in [0.25, 0.3) is 33.4 Å². The predicted molar refractivity (Wildman–Crippen MR) is 225 cm³/mol. The second-order valence-corrected chi connectivity index (χ2v) is 22.7. The molecule has 298 valence electrons. The van der Waals surface area contributed by atoms with E-state index in [-0.39, 0.29) is 15.0 Å². The molecule has 0 N–H and O–H groups in total. The van der Waals surface area contributed by atoms with Gasteiger partial charge in [0.25, 0.3) is 0 Å². The van der Waals surface area contributed by atoms with Crippen molar-refractivity contribution in [3.05, 3.63) is 200 Å². The molecule has 0 fully saturated rings. The van der Waals surface area contributed by atoms with E-state index in [1.165, 1.54) is 15.4 Å². The van der Waals surface area contributed by atoms with Crippen molar-refractivity contribution in [1.82, 2.24) is 0 Å². The number of allylic oxidation sites excluding steroid dienone is 4. The summed E-state index contributed by atoms with van der Waals surface area (Å²) < 4.78 is 89.4. The van der Waals surface area contributed by atoms with Gasteiger partial charge >= 0.3 is 352 Å². The van der Waals surface area contributed by atoms with E-state index in [1.807, 2.05) is 36.4 Å². The topological polar surface area (TPSA) is 0 Å². The fourth-order valence-corrected chi connectivity index (χ4v) is 18.3. The quantitative estimate of drug-likeness (QED) is 0.134. The van der Waals surface area contributed by atoms with Crippen LogP contribution < -0.4 is 0 Å². The minimum atomic E-state index is -4.65. The summed E-state index contributed by atoms with van der Waals surface area (Å²) in [5, 5.41) is 0. The minimum absolute atomic E-state index is 0.0164. The van der Waals surface area contributed by atoms with Gasteiger partial charge in [0.15, 0.2) is 0 Å². The number of fused-ring (bicyclic) bond motifs is 3. The molecule has 6 aromatic carbocycles. The molecule has 0 amide bonds. The molecule has 0 saturated heterocycles. The average Bonchev–Trinajstić information content (AvgIpc) is 3.79. The summed E-state index contributed by atoms with van der Waals surface area (Å²) >= 11 is -3.92. The van der Waals surface area contributed by atoms with E-state index in [0.29, 0.717) is 14.3 Å². The predicted octanol–water partition coefficient (Wildman–Crippen LogP) is 15.3. The molecule has 1 unspecified atom stereocenters. The van der Waals surface area contributed by atoms with Crippen LogP contribution in [0.5, 0.6) is 0 Å². The number of hydrogen-bond donors (Lipinski definition) is 0. The molecule has 59 heavy (non-hydrogen) atoms. The zero-order valence-corrected chi connectivity index (χ0v) is 35.8. The number of benzene rings is 6. The summed E-state index contributed by atoms with van der Waals surface area (Å²) in [6.45, 7) is 8.61. The first-order valence-corrected chi connectivity index (χ1v) is 23.9. The standard InChI is InChI=1S/C25H17.C15H8F6.C12H19.Zr/c1-3-7-18(8-4-1)20-11-13-24-22(15-20)17-23-16-21(12-14-25(23)24)19-9-5-2-6-10-19;16-14(17,18)12-5-1-3-10(8-12)7-11-4-2-6-13(9-11)15(19,20)21;1-5-6-10-7-8-11(9-10)12(2,3)4;/h1-17H;1-6,8-9H;8-10H,5-6H2,1-4H3;. The van der Waals surface area contributed by atoms with Gasteiger partial charge in [-0.1, -0.05) is 0 Å². The van der Waals surface area contributed by atoms with Crippen molar-refractivity contribution in [1.29, 1.82) is 0 Å². The first-order valence-electron chi connectivity index (χ1n) is 20.0. The molecular weight excluding hydrogens is 830 g/mol. The second-order valence-electron chi connectivity index (χ2n) is 16.6. The van der Waals surface area contributed by atoms with Crippen molar-refractivity contribution in [2.24, 2.45) is 11.3 Å². The fraction of sp³-hybridized carbons (Fsp3) is 0.212. The van der Waals surface area contributed by atoms with E-state index in [0.717, 1.165) is 87.2 Å². The fourth-order valence-electron chi connectivity index (χ4n) is 8.75. The molecule has 2 aliphatic rings. The van der Waals surface area contributed by atoms with Gasteiger partial charge in [-0.25, -0.2) is 0 Å². The molecular formula is C52H44F6Zr. The second kappa shape index (κ2) is 16.0. The zero-order valence-electron chi connectivity index (χ0n) is 33.3. The number of rotatable bonds is 8. The zero-order chi connectivity index (χ0) is 41.7. The van der Waals surface area contributed by atoms with E-state index in [2.05, 4.69) is 101 Å². The van der Waals surface area contributed by atoms with Crippen LogP contribution in [0.3, 0.4) is 0 Å². The molecule has 0 aromatic heterocycles. The molecule has 2 aliphatic carbocycles. The number of hydrogen-bond acceptors (Lipinski definition) is 0. The normalized spacial score (nSPS) is 15.4. The van der Waals surface area contributed by atoms with E-state index in [4.69, 9.17) is 0 Å². The van der Waals surface area contributed by atoms with Crippen LogP contribution in [0.4, 0.5) is 26.3 Å². The SMILES string of the molecule is CCCC1C=C(C(C)(C)C)C=[C]1[Zr](=[C](c1cccc(C(F)(F)F)c1)c1cccc(C(F)(F)F)c1)[CH]1c2cc(-c3ccccc3)ccc2-c2ccc(-c3ccccc3)cc21. The molecule has 6 aromatic rings. The summed E-state index contributed by atoms with van der Waals surface area (Å²) in [6, 6.07) is 43.7. The van der Waals surface area contributed by atoms with Crippen molar-refractivity contribution < 1.29 is 47.6 Å². The van der Waals surface area contributed by atoms with Gasteiger partial charge in [-0.15, -0.1) is 0 Å². The molecule has 0 heterocycles. The van der Waals surface area contributed by atoms with Crippen LogP contribution in [0.15, 0.2) is 167 Å². The third kappa shape index (κ3) is 8.20. The third-order valence-electron chi connectivity index (χ3n) is 11.6. The molecule has 0 radical (unpaired) electrons. The summed E-state index contributed by atoms with van der Waals surface area (Å²) in [7, 11) is 0. The molecule has 0 aliphatic heterocycles. The molecule has 8 rings (SSSR count). The summed E-state index contributed by atoms with van der Waals surface area (Å²) in [5.74, 6) is -0.0164. The van der Waals surface area contributed by atoms with Gasteiger partial charge in [0, 0.05) is 0 Å². The Kier molecular flexibility index (Phi) is 11.1. The van der Waals surface area contributed by atoms with Gasteiger partial charge in [0.2, 0.25) is 0 Å². The van der Waals surface area contributed by atoms with Gasteiger partial charge in [-0.05, 0) is 0 Å². The molecule has 0 spiro atoms. The Bertz CT molecular complexity index is 2470. The van der Waals surface area contributed by atoms with Crippen molar-refractivity contribution in [2.45, 2.75) is 56.5 Å². The maximum absolute atomic E-state index is 14.6. The van der Waals surface area contributed by atoms with Crippen LogP contribution in [0, 0.1) is 11.3 Å². The van der Waals surface area contributed by atoms with Gasteiger partial charge < -0.3 is 0 Å². The van der Waals surface area contributed by atoms with Gasteiger partial charge in [0.05, 0.1) is 0 Å². The average molecular weight is 874 g/mol.